The summed E-state index contributed by atoms with van der Waals surface area (Å²) in [6, 6.07) is 7.27. The van der Waals surface area contributed by atoms with Crippen LogP contribution in [0.5, 0.6) is 0 Å². The van der Waals surface area contributed by atoms with Crippen molar-refractivity contribution >= 4 is 0 Å². The second-order valence-electron chi connectivity index (χ2n) is 5.18. The molecule has 1 N–H and O–H groups in total. The molecule has 0 aliphatic heterocycles. The number of pyridine rings is 1. The molecule has 0 bridgehead atoms. The maximum atomic E-state index is 13.4. The number of hydrogen-bond acceptors (Lipinski definition) is 2. The van der Waals surface area contributed by atoms with Crippen LogP contribution < -0.4 is 5.32 Å². The largest absolute Gasteiger partial charge is 0.310 e. The van der Waals surface area contributed by atoms with Gasteiger partial charge in [0.1, 0.15) is 5.82 Å². The number of halogens is 1. The van der Waals surface area contributed by atoms with Gasteiger partial charge in [-0.15, -0.1) is 0 Å². The standard InChI is InChI=1S/C17H21FN2/c1-4-20-17(15-7-12(2)10-19-11-15)9-14-8-16(18)6-5-13(14)3/h5-8,10-11,17,20H,4,9H2,1-3H3. The number of benzene rings is 1. The molecule has 1 aromatic heterocycles. The summed E-state index contributed by atoms with van der Waals surface area (Å²) in [5.74, 6) is -0.178. The molecule has 1 heterocycles. The molecule has 0 saturated heterocycles. The SMILES string of the molecule is CCNC(Cc1cc(F)ccc1C)c1cncc(C)c1. The molecule has 1 aromatic carbocycles. The van der Waals surface area contributed by atoms with Crippen molar-refractivity contribution in [3.05, 3.63) is 64.7 Å². The van der Waals surface area contributed by atoms with Crippen LogP contribution in [0.1, 0.15) is 35.2 Å². The molecular weight excluding hydrogens is 251 g/mol. The minimum Gasteiger partial charge on any atom is -0.310 e. The van der Waals surface area contributed by atoms with Crippen LogP contribution in [0, 0.1) is 19.7 Å². The number of hydrogen-bond donors (Lipinski definition) is 1. The normalized spacial score (nSPS) is 12.4. The third-order valence-electron chi connectivity index (χ3n) is 3.48. The first kappa shape index (κ1) is 14.7. The fourth-order valence-electron chi connectivity index (χ4n) is 2.40. The lowest BCUT2D eigenvalue weighted by Crippen LogP contribution is -2.23. The van der Waals surface area contributed by atoms with Crippen LogP contribution >= 0.6 is 0 Å². The number of aromatic nitrogens is 1. The van der Waals surface area contributed by atoms with E-state index in [0.29, 0.717) is 0 Å². The maximum absolute atomic E-state index is 13.4. The second-order valence-corrected chi connectivity index (χ2v) is 5.18. The lowest BCUT2D eigenvalue weighted by Gasteiger charge is -2.19. The van der Waals surface area contributed by atoms with E-state index in [0.717, 1.165) is 35.2 Å². The Morgan fingerprint density at radius 3 is 2.70 bits per heavy atom. The van der Waals surface area contributed by atoms with Crippen molar-refractivity contribution in [2.75, 3.05) is 6.54 Å². The molecule has 1 atom stereocenters. The minimum absolute atomic E-state index is 0.160. The zero-order valence-corrected chi connectivity index (χ0v) is 12.3. The lowest BCUT2D eigenvalue weighted by atomic mass is 9.96. The summed E-state index contributed by atoms with van der Waals surface area (Å²) >= 11 is 0. The molecule has 0 aliphatic rings. The first-order valence-electron chi connectivity index (χ1n) is 7.00. The van der Waals surface area contributed by atoms with Crippen LogP contribution in [0.4, 0.5) is 4.39 Å². The first-order valence-corrected chi connectivity index (χ1v) is 7.00. The van der Waals surface area contributed by atoms with Gasteiger partial charge in [0, 0.05) is 18.4 Å². The Bertz CT molecular complexity index is 581. The lowest BCUT2D eigenvalue weighted by molar-refractivity contribution is 0.543. The summed E-state index contributed by atoms with van der Waals surface area (Å²) in [7, 11) is 0. The van der Waals surface area contributed by atoms with Crippen molar-refractivity contribution in [1.82, 2.24) is 10.3 Å². The molecule has 0 fully saturated rings. The Morgan fingerprint density at radius 2 is 2.00 bits per heavy atom. The Hall–Kier alpha value is -1.74. The highest BCUT2D eigenvalue weighted by Crippen LogP contribution is 2.21. The Labute approximate surface area is 120 Å². The van der Waals surface area contributed by atoms with Gasteiger partial charge in [-0.2, -0.15) is 0 Å². The molecule has 2 rings (SSSR count). The second kappa shape index (κ2) is 6.62. The minimum atomic E-state index is -0.178. The fourth-order valence-corrected chi connectivity index (χ4v) is 2.40. The molecular formula is C17H21FN2. The third-order valence-corrected chi connectivity index (χ3v) is 3.48. The number of likely N-dealkylation sites (N-methyl/N-ethyl adjacent to an activating group) is 1. The van der Waals surface area contributed by atoms with E-state index in [2.05, 4.69) is 23.3 Å². The van der Waals surface area contributed by atoms with Crippen molar-refractivity contribution in [3.8, 4) is 0 Å². The van der Waals surface area contributed by atoms with E-state index in [-0.39, 0.29) is 11.9 Å². The molecule has 0 spiro atoms. The summed E-state index contributed by atoms with van der Waals surface area (Å²) in [5, 5.41) is 3.46. The van der Waals surface area contributed by atoms with Gasteiger partial charge in [0.05, 0.1) is 0 Å². The summed E-state index contributed by atoms with van der Waals surface area (Å²) < 4.78 is 13.4. The van der Waals surface area contributed by atoms with Crippen molar-refractivity contribution in [2.24, 2.45) is 0 Å². The van der Waals surface area contributed by atoms with Gasteiger partial charge < -0.3 is 5.32 Å². The highest BCUT2D eigenvalue weighted by molar-refractivity contribution is 5.30. The first-order chi connectivity index (χ1) is 9.60. The molecule has 2 nitrogen and oxygen atoms in total. The van der Waals surface area contributed by atoms with Crippen LogP contribution in [0.25, 0.3) is 0 Å². The predicted molar refractivity (Wildman–Crippen MR) is 80.2 cm³/mol. The topological polar surface area (TPSA) is 24.9 Å². The molecule has 2 aromatic rings. The summed E-state index contributed by atoms with van der Waals surface area (Å²) in [6.07, 6.45) is 4.50. The highest BCUT2D eigenvalue weighted by Gasteiger charge is 2.13. The van der Waals surface area contributed by atoms with Gasteiger partial charge in [-0.25, -0.2) is 4.39 Å². The maximum Gasteiger partial charge on any atom is 0.123 e. The van der Waals surface area contributed by atoms with E-state index >= 15 is 0 Å². The van der Waals surface area contributed by atoms with Crippen LogP contribution in [-0.2, 0) is 6.42 Å². The van der Waals surface area contributed by atoms with E-state index in [4.69, 9.17) is 0 Å². The molecule has 3 heteroatoms. The van der Waals surface area contributed by atoms with E-state index in [1.807, 2.05) is 32.3 Å². The van der Waals surface area contributed by atoms with Gasteiger partial charge in [0.25, 0.3) is 0 Å². The molecule has 1 unspecified atom stereocenters. The highest BCUT2D eigenvalue weighted by atomic mass is 19.1. The van der Waals surface area contributed by atoms with E-state index in [9.17, 15) is 4.39 Å². The average Bonchev–Trinajstić information content (AvgIpc) is 2.42. The van der Waals surface area contributed by atoms with Crippen LogP contribution in [-0.4, -0.2) is 11.5 Å². The van der Waals surface area contributed by atoms with Gasteiger partial charge in [-0.1, -0.05) is 19.1 Å². The van der Waals surface area contributed by atoms with Crippen molar-refractivity contribution < 1.29 is 4.39 Å². The monoisotopic (exact) mass is 272 g/mol. The van der Waals surface area contributed by atoms with Gasteiger partial charge >= 0.3 is 0 Å². The molecule has 20 heavy (non-hydrogen) atoms. The van der Waals surface area contributed by atoms with E-state index in [1.165, 1.54) is 6.07 Å². The number of nitrogens with zero attached hydrogens (tertiary/aromatic N) is 1. The Morgan fingerprint density at radius 1 is 1.20 bits per heavy atom. The average molecular weight is 272 g/mol. The number of aryl methyl sites for hydroxylation is 2. The van der Waals surface area contributed by atoms with Gasteiger partial charge in [-0.05, 0) is 61.2 Å². The molecule has 0 saturated carbocycles. The molecule has 106 valence electrons. The van der Waals surface area contributed by atoms with Crippen LogP contribution in [0.15, 0.2) is 36.7 Å². The predicted octanol–water partition coefficient (Wildman–Crippen LogP) is 3.73. The third kappa shape index (κ3) is 3.64. The number of nitrogens with one attached hydrogen (secondary N) is 1. The summed E-state index contributed by atoms with van der Waals surface area (Å²) in [5.41, 5.74) is 4.45. The van der Waals surface area contributed by atoms with Crippen molar-refractivity contribution in [1.29, 1.82) is 0 Å². The number of rotatable bonds is 5. The van der Waals surface area contributed by atoms with Crippen LogP contribution in [0.2, 0.25) is 0 Å². The quantitative estimate of drug-likeness (QED) is 0.897. The molecule has 0 radical (unpaired) electrons. The summed E-state index contributed by atoms with van der Waals surface area (Å²) in [6.45, 7) is 7.00. The zero-order valence-electron chi connectivity index (χ0n) is 12.3. The zero-order chi connectivity index (χ0) is 14.5. The van der Waals surface area contributed by atoms with Gasteiger partial charge in [-0.3, -0.25) is 4.98 Å². The van der Waals surface area contributed by atoms with Gasteiger partial charge in [0.15, 0.2) is 0 Å². The smallest absolute Gasteiger partial charge is 0.123 e. The Kier molecular flexibility index (Phi) is 4.85. The van der Waals surface area contributed by atoms with Crippen LogP contribution in [0.3, 0.4) is 0 Å². The van der Waals surface area contributed by atoms with Gasteiger partial charge in [0.2, 0.25) is 0 Å². The van der Waals surface area contributed by atoms with E-state index in [1.54, 1.807) is 6.07 Å². The molecule has 0 amide bonds. The fraction of sp³-hybridized carbons (Fsp3) is 0.353. The molecule has 0 aliphatic carbocycles. The Balaban J connectivity index is 2.27. The van der Waals surface area contributed by atoms with Crippen molar-refractivity contribution in [2.45, 2.75) is 33.2 Å². The van der Waals surface area contributed by atoms with Crippen molar-refractivity contribution in [3.63, 3.8) is 0 Å². The summed E-state index contributed by atoms with van der Waals surface area (Å²) in [4.78, 5) is 4.25. The van der Waals surface area contributed by atoms with E-state index < -0.39 is 0 Å².